The van der Waals surface area contributed by atoms with Crippen LogP contribution in [0.15, 0.2) is 0 Å². The third kappa shape index (κ3) is 15.4. The molecule has 120 valence electrons. The lowest BCUT2D eigenvalue weighted by Gasteiger charge is -2.17. The number of carbonyl (C=O) groups excluding carboxylic acids is 1. The van der Waals surface area contributed by atoms with Crippen molar-refractivity contribution < 1.29 is 28.5 Å². The zero-order valence-corrected chi connectivity index (χ0v) is 13.1. The monoisotopic (exact) mass is 292 g/mol. The van der Waals surface area contributed by atoms with Crippen LogP contribution in [0.25, 0.3) is 0 Å². The van der Waals surface area contributed by atoms with Crippen molar-refractivity contribution in [2.75, 3.05) is 60.0 Å². The van der Waals surface area contributed by atoms with E-state index < -0.39 is 0 Å². The number of methoxy groups -OCH3 is 1. The summed E-state index contributed by atoms with van der Waals surface area (Å²) in [6.07, 6.45) is 0. The number of ether oxygens (including phenoxy) is 5. The van der Waals surface area contributed by atoms with Gasteiger partial charge < -0.3 is 23.7 Å². The first-order valence-corrected chi connectivity index (χ1v) is 6.83. The van der Waals surface area contributed by atoms with Gasteiger partial charge in [-0.15, -0.1) is 0 Å². The Balaban J connectivity index is 3.21. The number of rotatable bonds is 12. The molecule has 0 radical (unpaired) electrons. The number of carbonyl (C=O) groups is 1. The molecule has 0 aliphatic heterocycles. The highest BCUT2D eigenvalue weighted by molar-refractivity contribution is 5.70. The highest BCUT2D eigenvalue weighted by Gasteiger charge is 2.13. The zero-order valence-electron chi connectivity index (χ0n) is 13.1. The Labute approximate surface area is 121 Å². The summed E-state index contributed by atoms with van der Waals surface area (Å²) in [5, 5.41) is 0. The normalized spacial score (nSPS) is 11.6. The van der Waals surface area contributed by atoms with Gasteiger partial charge in [-0.1, -0.05) is 20.8 Å². The van der Waals surface area contributed by atoms with Crippen molar-refractivity contribution in [1.82, 2.24) is 0 Å². The van der Waals surface area contributed by atoms with E-state index in [9.17, 15) is 4.79 Å². The molecule has 0 aromatic carbocycles. The standard InChI is InChI=1S/C14H28O6/c1-14(2,3)12-20-13(15)11-19-10-9-18-8-7-17-6-5-16-4/h5-12H2,1-4H3. The molecule has 0 aromatic rings. The zero-order chi connectivity index (χ0) is 15.3. The fraction of sp³-hybridized carbons (Fsp3) is 0.929. The highest BCUT2D eigenvalue weighted by atomic mass is 16.6. The van der Waals surface area contributed by atoms with Crippen molar-refractivity contribution in [2.45, 2.75) is 20.8 Å². The predicted molar refractivity (Wildman–Crippen MR) is 74.7 cm³/mol. The summed E-state index contributed by atoms with van der Waals surface area (Å²) in [7, 11) is 1.63. The summed E-state index contributed by atoms with van der Waals surface area (Å²) in [4.78, 5) is 11.3. The average Bonchev–Trinajstić information content (AvgIpc) is 2.38. The van der Waals surface area contributed by atoms with Gasteiger partial charge in [0.05, 0.1) is 46.2 Å². The van der Waals surface area contributed by atoms with Crippen LogP contribution in [0.1, 0.15) is 20.8 Å². The summed E-state index contributed by atoms with van der Waals surface area (Å²) in [5.41, 5.74) is -0.0262. The molecule has 0 aliphatic carbocycles. The van der Waals surface area contributed by atoms with Crippen molar-refractivity contribution in [1.29, 1.82) is 0 Å². The summed E-state index contributed by atoms with van der Waals surface area (Å²) in [6, 6.07) is 0. The van der Waals surface area contributed by atoms with Gasteiger partial charge in [0.2, 0.25) is 0 Å². The van der Waals surface area contributed by atoms with E-state index in [1.54, 1.807) is 7.11 Å². The Morgan fingerprint density at radius 2 is 1.35 bits per heavy atom. The first-order chi connectivity index (χ1) is 9.45. The predicted octanol–water partition coefficient (Wildman–Crippen LogP) is 1.27. The number of esters is 1. The van der Waals surface area contributed by atoms with Crippen molar-refractivity contribution in [3.63, 3.8) is 0 Å². The molecule has 0 rings (SSSR count). The molecule has 0 fully saturated rings. The fourth-order valence-electron chi connectivity index (χ4n) is 1.08. The Hall–Kier alpha value is -0.690. The first kappa shape index (κ1) is 19.3. The van der Waals surface area contributed by atoms with Gasteiger partial charge in [0.15, 0.2) is 0 Å². The molecule has 0 heterocycles. The summed E-state index contributed by atoms with van der Waals surface area (Å²) < 4.78 is 25.5. The quantitative estimate of drug-likeness (QED) is 0.399. The summed E-state index contributed by atoms with van der Waals surface area (Å²) in [6.45, 7) is 9.34. The minimum atomic E-state index is -0.345. The maximum atomic E-state index is 11.3. The largest absolute Gasteiger partial charge is 0.463 e. The summed E-state index contributed by atoms with van der Waals surface area (Å²) >= 11 is 0. The molecular weight excluding hydrogens is 264 g/mol. The molecule has 0 amide bonds. The van der Waals surface area contributed by atoms with Crippen LogP contribution in [-0.2, 0) is 28.5 Å². The summed E-state index contributed by atoms with van der Waals surface area (Å²) in [5.74, 6) is -0.345. The van der Waals surface area contributed by atoms with Crippen LogP contribution in [-0.4, -0.2) is 65.9 Å². The van der Waals surface area contributed by atoms with Gasteiger partial charge in [-0.3, -0.25) is 0 Å². The first-order valence-electron chi connectivity index (χ1n) is 6.83. The van der Waals surface area contributed by atoms with E-state index in [1.807, 2.05) is 20.8 Å². The number of hydrogen-bond donors (Lipinski definition) is 0. The van der Waals surface area contributed by atoms with E-state index in [0.717, 1.165) is 0 Å². The Morgan fingerprint density at radius 3 is 1.85 bits per heavy atom. The van der Waals surface area contributed by atoms with Gasteiger partial charge in [-0.25, -0.2) is 4.79 Å². The second kappa shape index (κ2) is 12.1. The second-order valence-electron chi connectivity index (χ2n) is 5.49. The minimum Gasteiger partial charge on any atom is -0.463 e. The van der Waals surface area contributed by atoms with Gasteiger partial charge in [0.1, 0.15) is 6.61 Å². The highest BCUT2D eigenvalue weighted by Crippen LogP contribution is 2.12. The van der Waals surface area contributed by atoms with Gasteiger partial charge >= 0.3 is 5.97 Å². The van der Waals surface area contributed by atoms with Crippen LogP contribution < -0.4 is 0 Å². The molecular formula is C14H28O6. The van der Waals surface area contributed by atoms with E-state index in [-0.39, 0.29) is 18.0 Å². The molecule has 0 aliphatic rings. The Kier molecular flexibility index (Phi) is 11.7. The molecule has 0 bridgehead atoms. The molecule has 0 unspecified atom stereocenters. The van der Waals surface area contributed by atoms with Crippen molar-refractivity contribution in [3.05, 3.63) is 0 Å². The van der Waals surface area contributed by atoms with Crippen LogP contribution >= 0.6 is 0 Å². The van der Waals surface area contributed by atoms with Crippen LogP contribution in [0.5, 0.6) is 0 Å². The molecule has 6 nitrogen and oxygen atoms in total. The molecule has 0 atom stereocenters. The van der Waals surface area contributed by atoms with E-state index in [2.05, 4.69) is 0 Å². The van der Waals surface area contributed by atoms with Gasteiger partial charge in [0.25, 0.3) is 0 Å². The Bertz CT molecular complexity index is 236. The smallest absolute Gasteiger partial charge is 0.332 e. The van der Waals surface area contributed by atoms with Crippen LogP contribution in [0, 0.1) is 5.41 Å². The van der Waals surface area contributed by atoms with E-state index in [0.29, 0.717) is 46.2 Å². The lowest BCUT2D eigenvalue weighted by Crippen LogP contribution is -2.22. The molecule has 6 heteroatoms. The van der Waals surface area contributed by atoms with E-state index in [1.165, 1.54) is 0 Å². The fourth-order valence-corrected chi connectivity index (χ4v) is 1.08. The molecule has 0 spiro atoms. The molecule has 0 saturated carbocycles. The Morgan fingerprint density at radius 1 is 0.850 bits per heavy atom. The van der Waals surface area contributed by atoms with Crippen molar-refractivity contribution in [2.24, 2.45) is 5.41 Å². The van der Waals surface area contributed by atoms with Crippen molar-refractivity contribution >= 4 is 5.97 Å². The molecule has 0 saturated heterocycles. The SMILES string of the molecule is COCCOCCOCCOCC(=O)OCC(C)(C)C. The maximum absolute atomic E-state index is 11.3. The lowest BCUT2D eigenvalue weighted by atomic mass is 9.99. The lowest BCUT2D eigenvalue weighted by molar-refractivity contribution is -0.152. The van der Waals surface area contributed by atoms with Crippen molar-refractivity contribution in [3.8, 4) is 0 Å². The van der Waals surface area contributed by atoms with E-state index in [4.69, 9.17) is 23.7 Å². The van der Waals surface area contributed by atoms with Crippen LogP contribution in [0.2, 0.25) is 0 Å². The minimum absolute atomic E-state index is 0.0262. The third-order valence-corrected chi connectivity index (χ3v) is 2.06. The molecule has 0 aromatic heterocycles. The maximum Gasteiger partial charge on any atom is 0.332 e. The van der Waals surface area contributed by atoms with Gasteiger partial charge in [0, 0.05) is 7.11 Å². The number of hydrogen-bond acceptors (Lipinski definition) is 6. The van der Waals surface area contributed by atoms with Gasteiger partial charge in [-0.05, 0) is 5.41 Å². The van der Waals surface area contributed by atoms with Gasteiger partial charge in [-0.2, -0.15) is 0 Å². The molecule has 0 N–H and O–H groups in total. The third-order valence-electron chi connectivity index (χ3n) is 2.06. The topological polar surface area (TPSA) is 63.2 Å². The molecule has 20 heavy (non-hydrogen) atoms. The van der Waals surface area contributed by atoms with E-state index >= 15 is 0 Å². The van der Waals surface area contributed by atoms with Crippen LogP contribution in [0.3, 0.4) is 0 Å². The second-order valence-corrected chi connectivity index (χ2v) is 5.49. The van der Waals surface area contributed by atoms with Crippen LogP contribution in [0.4, 0.5) is 0 Å². The average molecular weight is 292 g/mol.